The fourth-order valence-corrected chi connectivity index (χ4v) is 8.37. The van der Waals surface area contributed by atoms with Crippen molar-refractivity contribution in [2.75, 3.05) is 0 Å². The van der Waals surface area contributed by atoms with Gasteiger partial charge in [-0.25, -0.2) is 0 Å². The first-order chi connectivity index (χ1) is 26.7. The largest absolute Gasteiger partial charge is 0.456 e. The maximum Gasteiger partial charge on any atom is 0.135 e. The summed E-state index contributed by atoms with van der Waals surface area (Å²) >= 11 is 0. The number of ether oxygens (including phenoxy) is 1. The quantitative estimate of drug-likeness (QED) is 0.176. The molecule has 1 aromatic heterocycles. The van der Waals surface area contributed by atoms with E-state index in [-0.39, 0.29) is 0 Å². The summed E-state index contributed by atoms with van der Waals surface area (Å²) in [5, 5.41) is 4.80. The van der Waals surface area contributed by atoms with Gasteiger partial charge in [-0.05, 0) is 128 Å². The zero-order valence-corrected chi connectivity index (χ0v) is 29.4. The molecule has 0 fully saturated rings. The highest BCUT2D eigenvalue weighted by molar-refractivity contribution is 6.12. The van der Waals surface area contributed by atoms with Crippen LogP contribution in [0.1, 0.15) is 0 Å². The fraction of sp³-hybridized carbons (Fsp3) is 0. The number of aromatic nitrogens is 1. The lowest BCUT2D eigenvalue weighted by Crippen LogP contribution is -1.97. The van der Waals surface area contributed by atoms with E-state index in [0.717, 1.165) is 28.3 Å². The van der Waals surface area contributed by atoms with Crippen molar-refractivity contribution in [2.45, 2.75) is 0 Å². The van der Waals surface area contributed by atoms with Crippen LogP contribution in [0.4, 0.5) is 0 Å². The van der Waals surface area contributed by atoms with Crippen molar-refractivity contribution in [1.82, 2.24) is 4.57 Å². The minimum Gasteiger partial charge on any atom is -0.456 e. The van der Waals surface area contributed by atoms with E-state index in [9.17, 15) is 0 Å². The minimum atomic E-state index is 0.893. The summed E-state index contributed by atoms with van der Waals surface area (Å²) in [6.07, 6.45) is 0. The summed E-state index contributed by atoms with van der Waals surface area (Å²) in [5.41, 5.74) is 15.4. The summed E-state index contributed by atoms with van der Waals surface area (Å²) in [6.45, 7) is 0. The van der Waals surface area contributed by atoms with E-state index in [1.807, 2.05) is 0 Å². The highest BCUT2D eigenvalue weighted by atomic mass is 16.5. The van der Waals surface area contributed by atoms with Crippen molar-refractivity contribution in [3.8, 4) is 72.8 Å². The van der Waals surface area contributed by atoms with E-state index in [1.54, 1.807) is 0 Å². The van der Waals surface area contributed by atoms with Gasteiger partial charge in [-0.2, -0.15) is 0 Å². The fourth-order valence-electron chi connectivity index (χ4n) is 8.37. The van der Waals surface area contributed by atoms with Crippen molar-refractivity contribution in [3.63, 3.8) is 0 Å². The normalized spacial score (nSPS) is 11.9. The van der Waals surface area contributed by atoms with Gasteiger partial charge in [0.25, 0.3) is 0 Å². The minimum absolute atomic E-state index is 0.893. The molecule has 0 N–H and O–H groups in total. The SMILES string of the molecule is c1ccc(-c2cc(-c3ccccc3)cc(-c3ccc4c(c3)c3cc(-c5ccc6c(c5)-c5cccc7cccc(c57)O6)ccc3n4-c3ccccc3)c2)cc1. The maximum atomic E-state index is 6.45. The summed E-state index contributed by atoms with van der Waals surface area (Å²) in [7, 11) is 0. The van der Waals surface area contributed by atoms with Crippen molar-refractivity contribution in [2.24, 2.45) is 0 Å². The lowest BCUT2D eigenvalue weighted by atomic mass is 9.92. The van der Waals surface area contributed by atoms with Crippen molar-refractivity contribution in [1.29, 1.82) is 0 Å². The van der Waals surface area contributed by atoms with Crippen LogP contribution < -0.4 is 4.74 Å². The molecule has 0 amide bonds. The molecule has 2 nitrogen and oxygen atoms in total. The van der Waals surface area contributed by atoms with Gasteiger partial charge < -0.3 is 9.30 Å². The van der Waals surface area contributed by atoms with E-state index in [1.165, 1.54) is 77.1 Å². The van der Waals surface area contributed by atoms with Crippen LogP contribution in [0.5, 0.6) is 11.5 Å². The molecule has 54 heavy (non-hydrogen) atoms. The highest BCUT2D eigenvalue weighted by Gasteiger charge is 2.21. The van der Waals surface area contributed by atoms with Gasteiger partial charge >= 0.3 is 0 Å². The highest BCUT2D eigenvalue weighted by Crippen LogP contribution is 2.48. The van der Waals surface area contributed by atoms with Gasteiger partial charge in [-0.15, -0.1) is 0 Å². The first-order valence-electron chi connectivity index (χ1n) is 18.5. The number of hydrogen-bond donors (Lipinski definition) is 0. The Bertz CT molecular complexity index is 2990. The molecule has 0 atom stereocenters. The molecule has 0 spiro atoms. The molecule has 1 aliphatic rings. The molecule has 1 aliphatic heterocycles. The van der Waals surface area contributed by atoms with E-state index in [4.69, 9.17) is 4.74 Å². The van der Waals surface area contributed by atoms with Gasteiger partial charge in [0.15, 0.2) is 0 Å². The molecule has 0 unspecified atom stereocenters. The molecule has 9 aromatic carbocycles. The van der Waals surface area contributed by atoms with Crippen LogP contribution >= 0.6 is 0 Å². The molecule has 252 valence electrons. The topological polar surface area (TPSA) is 14.2 Å². The third-order valence-electron chi connectivity index (χ3n) is 10.9. The van der Waals surface area contributed by atoms with Crippen LogP contribution in [0.2, 0.25) is 0 Å². The molecular formula is C52H33NO. The number of fused-ring (bicyclic) bond motifs is 5. The Morgan fingerprint density at radius 1 is 0.315 bits per heavy atom. The van der Waals surface area contributed by atoms with Crippen LogP contribution in [0.15, 0.2) is 200 Å². The van der Waals surface area contributed by atoms with E-state index in [0.29, 0.717) is 0 Å². The number of para-hydroxylation sites is 1. The average Bonchev–Trinajstić information content (AvgIpc) is 3.57. The second-order valence-electron chi connectivity index (χ2n) is 14.1. The Balaban J connectivity index is 1.11. The van der Waals surface area contributed by atoms with Crippen LogP contribution in [0.3, 0.4) is 0 Å². The maximum absolute atomic E-state index is 6.45. The smallest absolute Gasteiger partial charge is 0.135 e. The number of rotatable bonds is 5. The Kier molecular flexibility index (Phi) is 6.90. The molecule has 11 rings (SSSR count). The lowest BCUT2D eigenvalue weighted by molar-refractivity contribution is 0.487. The zero-order chi connectivity index (χ0) is 35.6. The summed E-state index contributed by atoms with van der Waals surface area (Å²) in [6, 6.07) is 72.3. The number of benzene rings is 9. The summed E-state index contributed by atoms with van der Waals surface area (Å²) in [5.74, 6) is 1.81. The van der Waals surface area contributed by atoms with Gasteiger partial charge in [-0.3, -0.25) is 0 Å². The van der Waals surface area contributed by atoms with Gasteiger partial charge in [0.1, 0.15) is 11.5 Å². The van der Waals surface area contributed by atoms with Gasteiger partial charge in [0, 0.05) is 27.4 Å². The third kappa shape index (κ3) is 4.96. The molecule has 0 aliphatic carbocycles. The van der Waals surface area contributed by atoms with Crippen LogP contribution in [0, 0.1) is 0 Å². The third-order valence-corrected chi connectivity index (χ3v) is 10.9. The van der Waals surface area contributed by atoms with Gasteiger partial charge in [-0.1, -0.05) is 127 Å². The summed E-state index contributed by atoms with van der Waals surface area (Å²) < 4.78 is 8.84. The molecule has 2 heterocycles. The lowest BCUT2D eigenvalue weighted by Gasteiger charge is -2.22. The van der Waals surface area contributed by atoms with Gasteiger partial charge in [0.2, 0.25) is 0 Å². The molecule has 0 radical (unpaired) electrons. The van der Waals surface area contributed by atoms with Crippen LogP contribution in [-0.2, 0) is 0 Å². The average molecular weight is 688 g/mol. The predicted molar refractivity (Wildman–Crippen MR) is 226 cm³/mol. The first-order valence-corrected chi connectivity index (χ1v) is 18.5. The monoisotopic (exact) mass is 687 g/mol. The molecule has 0 saturated carbocycles. The second kappa shape index (κ2) is 12.2. The Morgan fingerprint density at radius 2 is 0.833 bits per heavy atom. The van der Waals surface area contributed by atoms with Crippen molar-refractivity contribution < 1.29 is 4.74 Å². The molecule has 2 heteroatoms. The molecule has 10 aromatic rings. The zero-order valence-electron chi connectivity index (χ0n) is 29.4. The number of hydrogen-bond acceptors (Lipinski definition) is 1. The molecule has 0 bridgehead atoms. The summed E-state index contributed by atoms with van der Waals surface area (Å²) in [4.78, 5) is 0. The van der Waals surface area contributed by atoms with Crippen molar-refractivity contribution >= 4 is 32.6 Å². The van der Waals surface area contributed by atoms with Crippen molar-refractivity contribution in [3.05, 3.63) is 200 Å². The van der Waals surface area contributed by atoms with Crippen LogP contribution in [-0.4, -0.2) is 4.57 Å². The Hall–Kier alpha value is -7.16. The van der Waals surface area contributed by atoms with E-state index in [2.05, 4.69) is 205 Å². The standard InChI is InChI=1S/C52H33NO/c1-4-12-34(13-5-1)40-28-41(35-14-6-2-7-15-35)30-42(29-40)39-23-26-49-46(32-39)45-31-37(22-25-48(45)53(49)43-18-8-3-9-19-43)38-24-27-50-47(33-38)44-20-10-16-36-17-11-21-51(54-50)52(36)44/h1-33H. The first kappa shape index (κ1) is 30.5. The van der Waals surface area contributed by atoms with Crippen LogP contribution in [0.25, 0.3) is 93.9 Å². The predicted octanol–water partition coefficient (Wildman–Crippen LogP) is 14.4. The second-order valence-corrected chi connectivity index (χ2v) is 14.1. The molecular weight excluding hydrogens is 655 g/mol. The molecule has 0 saturated heterocycles. The Morgan fingerprint density at radius 3 is 1.46 bits per heavy atom. The van der Waals surface area contributed by atoms with E-state index >= 15 is 0 Å². The number of nitrogens with zero attached hydrogens (tertiary/aromatic N) is 1. The Labute approximate surface area is 313 Å². The van der Waals surface area contributed by atoms with Gasteiger partial charge in [0.05, 0.1) is 11.0 Å². The van der Waals surface area contributed by atoms with E-state index < -0.39 is 0 Å².